The van der Waals surface area contributed by atoms with Crippen LogP contribution in [0, 0.1) is 5.82 Å². The number of halogens is 1. The molecule has 0 aliphatic carbocycles. The highest BCUT2D eigenvalue weighted by Crippen LogP contribution is 2.23. The Bertz CT molecular complexity index is 394. The number of nitrogens with zero attached hydrogens (tertiary/aromatic N) is 1. The number of rotatable bonds is 6. The van der Waals surface area contributed by atoms with Crippen LogP contribution in [0.25, 0.3) is 0 Å². The molecule has 1 aliphatic heterocycles. The lowest BCUT2D eigenvalue weighted by atomic mass is 10.2. The molecule has 1 fully saturated rings. The van der Waals surface area contributed by atoms with Gasteiger partial charge in [0.2, 0.25) is 0 Å². The van der Waals surface area contributed by atoms with E-state index in [1.165, 1.54) is 0 Å². The average Bonchev–Trinajstić information content (AvgIpc) is 2.45. The van der Waals surface area contributed by atoms with Gasteiger partial charge in [-0.2, -0.15) is 0 Å². The molecule has 0 saturated carbocycles. The number of anilines is 2. The maximum Gasteiger partial charge on any atom is 0.148 e. The molecule has 1 aromatic carbocycles. The Balaban J connectivity index is 1.92. The fourth-order valence-electron chi connectivity index (χ4n) is 2.25. The van der Waals surface area contributed by atoms with E-state index in [0.29, 0.717) is 5.69 Å². The minimum absolute atomic E-state index is 0.172. The van der Waals surface area contributed by atoms with E-state index in [-0.39, 0.29) is 12.4 Å². The van der Waals surface area contributed by atoms with E-state index in [1.54, 1.807) is 6.07 Å². The molecule has 1 heterocycles. The van der Waals surface area contributed by atoms with Crippen LogP contribution in [-0.4, -0.2) is 44.4 Å². The van der Waals surface area contributed by atoms with Crippen LogP contribution in [0.2, 0.25) is 0 Å². The van der Waals surface area contributed by atoms with E-state index in [0.717, 1.165) is 51.3 Å². The third-order valence-electron chi connectivity index (χ3n) is 3.32. The minimum Gasteiger partial charge on any atom is -0.396 e. The van der Waals surface area contributed by atoms with Crippen molar-refractivity contribution in [1.82, 2.24) is 5.32 Å². The van der Waals surface area contributed by atoms with Crippen molar-refractivity contribution in [2.24, 2.45) is 0 Å². The molecule has 0 spiro atoms. The van der Waals surface area contributed by atoms with Crippen molar-refractivity contribution in [3.05, 3.63) is 24.0 Å². The standard InChI is InChI=1S/C14H22FN3O/c15-13-11-12(17-5-1-2-10-19)3-4-14(13)18-8-6-16-7-9-18/h3-4,11,16-17,19H,1-2,5-10H2. The van der Waals surface area contributed by atoms with Gasteiger partial charge >= 0.3 is 0 Å². The third kappa shape index (κ3) is 4.08. The van der Waals surface area contributed by atoms with Crippen LogP contribution < -0.4 is 15.5 Å². The monoisotopic (exact) mass is 267 g/mol. The van der Waals surface area contributed by atoms with Gasteiger partial charge in [0, 0.05) is 45.0 Å². The zero-order chi connectivity index (χ0) is 13.5. The van der Waals surface area contributed by atoms with Crippen LogP contribution in [0.1, 0.15) is 12.8 Å². The SMILES string of the molecule is OCCCCNc1ccc(N2CCNCC2)c(F)c1. The Labute approximate surface area is 113 Å². The molecule has 0 bridgehead atoms. The van der Waals surface area contributed by atoms with Crippen LogP contribution in [0.4, 0.5) is 15.8 Å². The summed E-state index contributed by atoms with van der Waals surface area (Å²) in [4.78, 5) is 2.07. The van der Waals surface area contributed by atoms with Gasteiger partial charge in [-0.3, -0.25) is 0 Å². The first-order chi connectivity index (χ1) is 9.31. The molecule has 1 saturated heterocycles. The maximum atomic E-state index is 14.1. The molecule has 0 amide bonds. The molecule has 1 aliphatic rings. The summed E-state index contributed by atoms with van der Waals surface area (Å²) in [6, 6.07) is 5.31. The highest BCUT2D eigenvalue weighted by Gasteiger charge is 2.14. The average molecular weight is 267 g/mol. The number of benzene rings is 1. The summed E-state index contributed by atoms with van der Waals surface area (Å²) in [5.41, 5.74) is 1.48. The van der Waals surface area contributed by atoms with E-state index in [2.05, 4.69) is 15.5 Å². The van der Waals surface area contributed by atoms with Gasteiger partial charge in [-0.25, -0.2) is 4.39 Å². The third-order valence-corrected chi connectivity index (χ3v) is 3.32. The van der Waals surface area contributed by atoms with Gasteiger partial charge < -0.3 is 20.6 Å². The molecule has 19 heavy (non-hydrogen) atoms. The lowest BCUT2D eigenvalue weighted by Crippen LogP contribution is -2.43. The van der Waals surface area contributed by atoms with E-state index >= 15 is 0 Å². The van der Waals surface area contributed by atoms with Gasteiger partial charge in [0.25, 0.3) is 0 Å². The number of aliphatic hydroxyl groups excluding tert-OH is 1. The van der Waals surface area contributed by atoms with E-state index in [4.69, 9.17) is 5.11 Å². The molecule has 1 aromatic rings. The highest BCUT2D eigenvalue weighted by atomic mass is 19.1. The van der Waals surface area contributed by atoms with Gasteiger partial charge in [0.05, 0.1) is 5.69 Å². The molecule has 3 N–H and O–H groups in total. The zero-order valence-corrected chi connectivity index (χ0v) is 11.2. The first kappa shape index (κ1) is 14.1. The number of nitrogens with one attached hydrogen (secondary N) is 2. The van der Waals surface area contributed by atoms with Crippen molar-refractivity contribution < 1.29 is 9.50 Å². The lowest BCUT2D eigenvalue weighted by molar-refractivity contribution is 0.286. The van der Waals surface area contributed by atoms with E-state index in [1.807, 2.05) is 12.1 Å². The largest absolute Gasteiger partial charge is 0.396 e. The Morgan fingerprint density at radius 3 is 2.74 bits per heavy atom. The molecular formula is C14H22FN3O. The number of hydrogen-bond donors (Lipinski definition) is 3. The van der Waals surface area contributed by atoms with Crippen LogP contribution >= 0.6 is 0 Å². The predicted molar refractivity (Wildman–Crippen MR) is 76.3 cm³/mol. The Morgan fingerprint density at radius 1 is 1.26 bits per heavy atom. The van der Waals surface area contributed by atoms with Crippen molar-refractivity contribution in [3.8, 4) is 0 Å². The second kappa shape index (κ2) is 7.31. The normalized spacial score (nSPS) is 15.6. The van der Waals surface area contributed by atoms with Crippen molar-refractivity contribution in [3.63, 3.8) is 0 Å². The summed E-state index contributed by atoms with van der Waals surface area (Å²) in [6.45, 7) is 4.46. The van der Waals surface area contributed by atoms with Crippen LogP contribution in [0.15, 0.2) is 18.2 Å². The van der Waals surface area contributed by atoms with Crippen LogP contribution in [-0.2, 0) is 0 Å². The summed E-state index contributed by atoms with van der Waals surface area (Å²) < 4.78 is 14.1. The Kier molecular flexibility index (Phi) is 5.42. The first-order valence-electron chi connectivity index (χ1n) is 6.91. The Morgan fingerprint density at radius 2 is 2.05 bits per heavy atom. The number of aliphatic hydroxyl groups is 1. The molecule has 0 radical (unpaired) electrons. The number of hydrogen-bond acceptors (Lipinski definition) is 4. The fraction of sp³-hybridized carbons (Fsp3) is 0.571. The summed E-state index contributed by atoms with van der Waals surface area (Å²) >= 11 is 0. The second-order valence-corrected chi connectivity index (χ2v) is 4.76. The highest BCUT2D eigenvalue weighted by molar-refractivity contribution is 5.56. The molecule has 4 nitrogen and oxygen atoms in total. The molecular weight excluding hydrogens is 245 g/mol. The van der Waals surface area contributed by atoms with Gasteiger partial charge in [-0.15, -0.1) is 0 Å². The molecule has 5 heteroatoms. The van der Waals surface area contributed by atoms with Gasteiger partial charge in [0.15, 0.2) is 0 Å². The molecule has 0 aromatic heterocycles. The van der Waals surface area contributed by atoms with Crippen molar-refractivity contribution in [2.45, 2.75) is 12.8 Å². The molecule has 0 unspecified atom stereocenters. The zero-order valence-electron chi connectivity index (χ0n) is 11.2. The van der Waals surface area contributed by atoms with Gasteiger partial charge in [-0.1, -0.05) is 0 Å². The molecule has 0 atom stereocenters. The minimum atomic E-state index is -0.172. The second-order valence-electron chi connectivity index (χ2n) is 4.76. The summed E-state index contributed by atoms with van der Waals surface area (Å²) in [5.74, 6) is -0.172. The molecule has 2 rings (SSSR count). The van der Waals surface area contributed by atoms with E-state index in [9.17, 15) is 4.39 Å². The topological polar surface area (TPSA) is 47.5 Å². The quantitative estimate of drug-likeness (QED) is 0.682. The fourth-order valence-corrected chi connectivity index (χ4v) is 2.25. The Hall–Kier alpha value is -1.33. The van der Waals surface area contributed by atoms with Crippen molar-refractivity contribution in [1.29, 1.82) is 0 Å². The summed E-state index contributed by atoms with van der Waals surface area (Å²) in [6.07, 6.45) is 1.66. The van der Waals surface area contributed by atoms with Crippen molar-refractivity contribution in [2.75, 3.05) is 49.5 Å². The number of piperazine rings is 1. The van der Waals surface area contributed by atoms with Crippen LogP contribution in [0.5, 0.6) is 0 Å². The number of unbranched alkanes of at least 4 members (excludes halogenated alkanes) is 1. The van der Waals surface area contributed by atoms with Gasteiger partial charge in [0.1, 0.15) is 5.82 Å². The van der Waals surface area contributed by atoms with Gasteiger partial charge in [-0.05, 0) is 31.0 Å². The summed E-state index contributed by atoms with van der Waals surface area (Å²) in [5, 5.41) is 15.1. The summed E-state index contributed by atoms with van der Waals surface area (Å²) in [7, 11) is 0. The lowest BCUT2D eigenvalue weighted by Gasteiger charge is -2.29. The predicted octanol–water partition coefficient (Wildman–Crippen LogP) is 1.42. The van der Waals surface area contributed by atoms with E-state index < -0.39 is 0 Å². The molecule has 106 valence electrons. The smallest absolute Gasteiger partial charge is 0.148 e. The maximum absolute atomic E-state index is 14.1. The first-order valence-corrected chi connectivity index (χ1v) is 6.91. The van der Waals surface area contributed by atoms with Crippen molar-refractivity contribution >= 4 is 11.4 Å². The van der Waals surface area contributed by atoms with Crippen LogP contribution in [0.3, 0.4) is 0 Å².